The lowest BCUT2D eigenvalue weighted by Crippen LogP contribution is -2.12. The molecule has 0 aliphatic carbocycles. The van der Waals surface area contributed by atoms with Crippen LogP contribution in [-0.2, 0) is 0 Å². The van der Waals surface area contributed by atoms with Gasteiger partial charge in [0.05, 0.1) is 0 Å². The number of rotatable bonds is 5. The molecule has 1 heterocycles. The molecule has 1 aromatic carbocycles. The zero-order valence-electron chi connectivity index (χ0n) is 11.9. The topological polar surface area (TPSA) is 80.0 Å². The molecule has 0 atom stereocenters. The van der Waals surface area contributed by atoms with Crippen molar-refractivity contribution in [2.75, 3.05) is 22.9 Å². The van der Waals surface area contributed by atoms with Gasteiger partial charge < -0.3 is 16.4 Å². The molecular formula is C14H17FN4OS. The number of thiazole rings is 1. The van der Waals surface area contributed by atoms with Crippen molar-refractivity contribution in [3.05, 3.63) is 34.5 Å². The minimum atomic E-state index is -0.391. The normalized spacial score (nSPS) is 10.4. The maximum Gasteiger partial charge on any atom is 0.269 e. The summed E-state index contributed by atoms with van der Waals surface area (Å²) in [6.45, 7) is 4.45. The number of hydrogen-bond acceptors (Lipinski definition) is 5. The highest BCUT2D eigenvalue weighted by Gasteiger charge is 2.16. The predicted molar refractivity (Wildman–Crippen MR) is 84.4 cm³/mol. The number of amides is 1. The molecule has 0 saturated heterocycles. The third-order valence-electron chi connectivity index (χ3n) is 2.82. The Balaban J connectivity index is 2.12. The van der Waals surface area contributed by atoms with Gasteiger partial charge in [-0.3, -0.25) is 4.79 Å². The molecule has 0 unspecified atom stereocenters. The lowest BCUT2D eigenvalue weighted by atomic mass is 10.2. The van der Waals surface area contributed by atoms with Crippen LogP contribution in [0.5, 0.6) is 0 Å². The van der Waals surface area contributed by atoms with E-state index in [0.717, 1.165) is 13.0 Å². The SMILES string of the molecule is CCCNc1nc(N)c(C(=O)Nc2ccc(C)c(F)c2)s1. The number of hydrogen-bond donors (Lipinski definition) is 3. The van der Waals surface area contributed by atoms with E-state index in [1.807, 2.05) is 6.92 Å². The van der Waals surface area contributed by atoms with E-state index in [1.165, 1.54) is 17.4 Å². The van der Waals surface area contributed by atoms with Gasteiger partial charge in [0.2, 0.25) is 0 Å². The number of halogens is 1. The summed E-state index contributed by atoms with van der Waals surface area (Å²) in [6, 6.07) is 4.53. The third-order valence-corrected chi connectivity index (χ3v) is 3.84. The van der Waals surface area contributed by atoms with Crippen molar-refractivity contribution < 1.29 is 9.18 Å². The van der Waals surface area contributed by atoms with Crippen LogP contribution in [0.4, 0.5) is 21.0 Å². The van der Waals surface area contributed by atoms with Gasteiger partial charge in [-0.05, 0) is 31.0 Å². The Kier molecular flexibility index (Phi) is 4.74. The Morgan fingerprint density at radius 3 is 2.90 bits per heavy atom. The molecule has 0 fully saturated rings. The Morgan fingerprint density at radius 1 is 1.48 bits per heavy atom. The van der Waals surface area contributed by atoms with Gasteiger partial charge in [0.1, 0.15) is 16.5 Å². The van der Waals surface area contributed by atoms with Crippen LogP contribution in [0.25, 0.3) is 0 Å². The van der Waals surface area contributed by atoms with Crippen molar-refractivity contribution in [1.29, 1.82) is 0 Å². The first kappa shape index (κ1) is 15.2. The van der Waals surface area contributed by atoms with E-state index in [1.54, 1.807) is 19.1 Å². The Labute approximate surface area is 126 Å². The average molecular weight is 308 g/mol. The van der Waals surface area contributed by atoms with Gasteiger partial charge in [-0.15, -0.1) is 0 Å². The molecular weight excluding hydrogens is 291 g/mol. The molecule has 5 nitrogen and oxygen atoms in total. The first-order chi connectivity index (χ1) is 10.0. The van der Waals surface area contributed by atoms with Crippen molar-refractivity contribution >= 4 is 33.9 Å². The second kappa shape index (κ2) is 6.53. The first-order valence-electron chi connectivity index (χ1n) is 6.59. The molecule has 0 bridgehead atoms. The van der Waals surface area contributed by atoms with Crippen LogP contribution < -0.4 is 16.4 Å². The molecule has 0 radical (unpaired) electrons. The van der Waals surface area contributed by atoms with Gasteiger partial charge in [-0.2, -0.15) is 0 Å². The van der Waals surface area contributed by atoms with Crippen molar-refractivity contribution in [3.63, 3.8) is 0 Å². The van der Waals surface area contributed by atoms with E-state index >= 15 is 0 Å². The fourth-order valence-corrected chi connectivity index (χ4v) is 2.47. The zero-order chi connectivity index (χ0) is 15.4. The van der Waals surface area contributed by atoms with E-state index in [-0.39, 0.29) is 11.6 Å². The molecule has 2 rings (SSSR count). The minimum Gasteiger partial charge on any atom is -0.382 e. The monoisotopic (exact) mass is 308 g/mol. The highest BCUT2D eigenvalue weighted by atomic mass is 32.1. The average Bonchev–Trinajstić information content (AvgIpc) is 2.82. The second-order valence-corrected chi connectivity index (χ2v) is 5.58. The smallest absolute Gasteiger partial charge is 0.269 e. The molecule has 7 heteroatoms. The zero-order valence-corrected chi connectivity index (χ0v) is 12.7. The van der Waals surface area contributed by atoms with Gasteiger partial charge in [0.15, 0.2) is 5.13 Å². The molecule has 0 aliphatic rings. The predicted octanol–water partition coefficient (Wildman–Crippen LogP) is 3.25. The molecule has 0 saturated carbocycles. The van der Waals surface area contributed by atoms with Crippen LogP contribution in [0.15, 0.2) is 18.2 Å². The quantitative estimate of drug-likeness (QED) is 0.792. The summed E-state index contributed by atoms with van der Waals surface area (Å²) >= 11 is 1.18. The Hall–Kier alpha value is -2.15. The number of carbonyl (C=O) groups is 1. The van der Waals surface area contributed by atoms with Crippen molar-refractivity contribution in [2.24, 2.45) is 0 Å². The third kappa shape index (κ3) is 3.69. The number of aromatic nitrogens is 1. The Bertz CT molecular complexity index is 656. The molecule has 0 aliphatic heterocycles. The number of carbonyl (C=O) groups excluding carboxylic acids is 1. The largest absolute Gasteiger partial charge is 0.382 e. The summed E-state index contributed by atoms with van der Waals surface area (Å²) in [4.78, 5) is 16.6. The van der Waals surface area contributed by atoms with Crippen molar-refractivity contribution in [3.8, 4) is 0 Å². The fraction of sp³-hybridized carbons (Fsp3) is 0.286. The summed E-state index contributed by atoms with van der Waals surface area (Å²) in [5.41, 5.74) is 6.66. The highest BCUT2D eigenvalue weighted by molar-refractivity contribution is 7.18. The second-order valence-electron chi connectivity index (χ2n) is 4.58. The van der Waals surface area contributed by atoms with E-state index in [0.29, 0.717) is 21.3 Å². The molecule has 0 spiro atoms. The maximum atomic E-state index is 13.5. The number of anilines is 3. The van der Waals surface area contributed by atoms with Crippen LogP contribution >= 0.6 is 11.3 Å². The van der Waals surface area contributed by atoms with Crippen LogP contribution in [0.1, 0.15) is 28.6 Å². The number of benzene rings is 1. The number of nitrogens with zero attached hydrogens (tertiary/aromatic N) is 1. The molecule has 21 heavy (non-hydrogen) atoms. The number of aryl methyl sites for hydroxylation is 1. The fourth-order valence-electron chi connectivity index (χ4n) is 1.66. The van der Waals surface area contributed by atoms with Gasteiger partial charge in [-0.1, -0.05) is 24.3 Å². The van der Waals surface area contributed by atoms with Gasteiger partial charge in [-0.25, -0.2) is 9.37 Å². The summed E-state index contributed by atoms with van der Waals surface area (Å²) in [7, 11) is 0. The first-order valence-corrected chi connectivity index (χ1v) is 7.40. The van der Waals surface area contributed by atoms with E-state index in [2.05, 4.69) is 15.6 Å². The van der Waals surface area contributed by atoms with Crippen LogP contribution in [0.3, 0.4) is 0 Å². The number of nitrogens with two attached hydrogens (primary N) is 1. The van der Waals surface area contributed by atoms with Crippen LogP contribution in [0, 0.1) is 12.7 Å². The van der Waals surface area contributed by atoms with Crippen molar-refractivity contribution in [1.82, 2.24) is 4.98 Å². The van der Waals surface area contributed by atoms with Crippen molar-refractivity contribution in [2.45, 2.75) is 20.3 Å². The summed E-state index contributed by atoms with van der Waals surface area (Å²) in [5, 5.41) is 6.30. The van der Waals surface area contributed by atoms with Gasteiger partial charge in [0, 0.05) is 12.2 Å². The molecule has 1 aromatic heterocycles. The minimum absolute atomic E-state index is 0.170. The van der Waals surface area contributed by atoms with E-state index in [9.17, 15) is 9.18 Å². The highest BCUT2D eigenvalue weighted by Crippen LogP contribution is 2.26. The molecule has 1 amide bonds. The van der Waals surface area contributed by atoms with Crippen LogP contribution in [0.2, 0.25) is 0 Å². The molecule has 112 valence electrons. The summed E-state index contributed by atoms with van der Waals surface area (Å²) in [5.74, 6) is -0.586. The van der Waals surface area contributed by atoms with Gasteiger partial charge in [0.25, 0.3) is 5.91 Å². The van der Waals surface area contributed by atoms with Gasteiger partial charge >= 0.3 is 0 Å². The molecule has 4 N–H and O–H groups in total. The number of nitrogen functional groups attached to an aromatic ring is 1. The lowest BCUT2D eigenvalue weighted by molar-refractivity contribution is 0.103. The standard InChI is InChI=1S/C14H17FN4OS/c1-3-6-17-14-19-12(16)11(21-14)13(20)18-9-5-4-8(2)10(15)7-9/h4-5,7H,3,6,16H2,1-2H3,(H,17,19)(H,18,20). The molecule has 2 aromatic rings. The maximum absolute atomic E-state index is 13.5. The number of nitrogens with one attached hydrogen (secondary N) is 2. The van der Waals surface area contributed by atoms with Crippen LogP contribution in [-0.4, -0.2) is 17.4 Å². The van der Waals surface area contributed by atoms with E-state index < -0.39 is 5.91 Å². The lowest BCUT2D eigenvalue weighted by Gasteiger charge is -2.05. The summed E-state index contributed by atoms with van der Waals surface area (Å²) in [6.07, 6.45) is 0.948. The Morgan fingerprint density at radius 2 is 2.24 bits per heavy atom. The van der Waals surface area contributed by atoms with E-state index in [4.69, 9.17) is 5.73 Å². The summed E-state index contributed by atoms with van der Waals surface area (Å²) < 4.78 is 13.5.